The van der Waals surface area contributed by atoms with Crippen molar-refractivity contribution in [3.05, 3.63) is 30.1 Å². The lowest BCUT2D eigenvalue weighted by molar-refractivity contribution is 0.746. The third kappa shape index (κ3) is 2.61. The van der Waals surface area contributed by atoms with Gasteiger partial charge in [-0.1, -0.05) is 32.9 Å². The summed E-state index contributed by atoms with van der Waals surface area (Å²) in [5.41, 5.74) is 1.02. The van der Waals surface area contributed by atoms with Gasteiger partial charge in [-0.05, 0) is 25.5 Å². The van der Waals surface area contributed by atoms with Crippen molar-refractivity contribution < 1.29 is 0 Å². The molecule has 0 bridgehead atoms. The van der Waals surface area contributed by atoms with Crippen LogP contribution in [0.25, 0.3) is 10.9 Å². The van der Waals surface area contributed by atoms with Gasteiger partial charge in [-0.25, -0.2) is 9.97 Å². The molecule has 1 N–H and O–H groups in total. The van der Waals surface area contributed by atoms with E-state index in [1.165, 1.54) is 0 Å². The summed E-state index contributed by atoms with van der Waals surface area (Å²) < 4.78 is 0. The van der Waals surface area contributed by atoms with Gasteiger partial charge in [0.25, 0.3) is 0 Å². The van der Waals surface area contributed by atoms with Crippen molar-refractivity contribution in [3.63, 3.8) is 0 Å². The first-order valence-corrected chi connectivity index (χ1v) is 6.65. The molecule has 2 aromatic rings. The number of hydrogen-bond donors (Lipinski definition) is 1. The highest BCUT2D eigenvalue weighted by Crippen LogP contribution is 2.23. The molecule has 2 rings (SSSR count). The van der Waals surface area contributed by atoms with Gasteiger partial charge in [-0.15, -0.1) is 0 Å². The quantitative estimate of drug-likeness (QED) is 0.883. The highest BCUT2D eigenvalue weighted by atomic mass is 15.0. The highest BCUT2D eigenvalue weighted by molar-refractivity contribution is 5.89. The molecule has 1 aromatic heterocycles. The van der Waals surface area contributed by atoms with Crippen molar-refractivity contribution in [1.82, 2.24) is 9.97 Å². The lowest BCUT2D eigenvalue weighted by atomic mass is 10.1. The largest absolute Gasteiger partial charge is 0.367 e. The second-order valence-electron chi connectivity index (χ2n) is 5.06. The van der Waals surface area contributed by atoms with Gasteiger partial charge in [-0.3, -0.25) is 0 Å². The van der Waals surface area contributed by atoms with E-state index in [1.807, 2.05) is 18.2 Å². The molecular weight excluding hydrogens is 222 g/mol. The fraction of sp³-hybridized carbons (Fsp3) is 0.467. The summed E-state index contributed by atoms with van der Waals surface area (Å²) in [5.74, 6) is 2.20. The molecule has 0 spiro atoms. The zero-order chi connectivity index (χ0) is 13.1. The van der Waals surface area contributed by atoms with Crippen molar-refractivity contribution in [1.29, 1.82) is 0 Å². The molecule has 0 aliphatic carbocycles. The average Bonchev–Trinajstić information content (AvgIpc) is 2.38. The first kappa shape index (κ1) is 12.8. The van der Waals surface area contributed by atoms with Crippen LogP contribution in [0, 0.1) is 0 Å². The summed E-state index contributed by atoms with van der Waals surface area (Å²) in [7, 11) is 0. The molecule has 0 radical (unpaired) electrons. The van der Waals surface area contributed by atoms with Gasteiger partial charge in [0.05, 0.1) is 5.52 Å². The lowest BCUT2D eigenvalue weighted by Gasteiger charge is -2.16. The van der Waals surface area contributed by atoms with Crippen LogP contribution >= 0.6 is 0 Å². The van der Waals surface area contributed by atoms with Crippen molar-refractivity contribution in [2.75, 3.05) is 5.32 Å². The number of rotatable bonds is 4. The Bertz CT molecular complexity index is 534. The van der Waals surface area contributed by atoms with Crippen LogP contribution in [0.1, 0.15) is 45.9 Å². The van der Waals surface area contributed by atoms with E-state index in [0.717, 1.165) is 29.0 Å². The zero-order valence-electron chi connectivity index (χ0n) is 11.6. The first-order valence-electron chi connectivity index (χ1n) is 6.65. The van der Waals surface area contributed by atoms with Gasteiger partial charge >= 0.3 is 0 Å². The topological polar surface area (TPSA) is 37.8 Å². The Kier molecular flexibility index (Phi) is 3.80. The van der Waals surface area contributed by atoms with Gasteiger partial charge in [-0.2, -0.15) is 0 Å². The van der Waals surface area contributed by atoms with Gasteiger partial charge < -0.3 is 5.32 Å². The van der Waals surface area contributed by atoms with E-state index in [4.69, 9.17) is 0 Å². The molecule has 0 saturated heterocycles. The molecule has 96 valence electrons. The summed E-state index contributed by atoms with van der Waals surface area (Å²) in [4.78, 5) is 9.28. The molecule has 0 fully saturated rings. The van der Waals surface area contributed by atoms with Crippen molar-refractivity contribution >= 4 is 16.7 Å². The van der Waals surface area contributed by atoms with Crippen LogP contribution in [-0.4, -0.2) is 16.0 Å². The van der Waals surface area contributed by atoms with Gasteiger partial charge in [0.1, 0.15) is 11.6 Å². The van der Waals surface area contributed by atoms with Crippen molar-refractivity contribution in [2.24, 2.45) is 0 Å². The minimum atomic E-state index is 0.340. The summed E-state index contributed by atoms with van der Waals surface area (Å²) in [6, 6.07) is 8.59. The smallest absolute Gasteiger partial charge is 0.137 e. The maximum absolute atomic E-state index is 4.67. The average molecular weight is 243 g/mol. The zero-order valence-corrected chi connectivity index (χ0v) is 11.6. The molecular formula is C15H21N3. The number of aromatic nitrogens is 2. The lowest BCUT2D eigenvalue weighted by Crippen LogP contribution is -2.16. The SMILES string of the molecule is CCC(C)Nc1nc(C(C)C)nc2ccccc12. The molecule has 0 amide bonds. The molecule has 3 heteroatoms. The number of hydrogen-bond acceptors (Lipinski definition) is 3. The fourth-order valence-electron chi connectivity index (χ4n) is 1.80. The third-order valence-corrected chi connectivity index (χ3v) is 3.13. The van der Waals surface area contributed by atoms with Gasteiger partial charge in [0.15, 0.2) is 0 Å². The summed E-state index contributed by atoms with van der Waals surface area (Å²) in [6.07, 6.45) is 1.08. The van der Waals surface area contributed by atoms with Crippen LogP contribution in [0.15, 0.2) is 24.3 Å². The van der Waals surface area contributed by atoms with E-state index >= 15 is 0 Å². The molecule has 18 heavy (non-hydrogen) atoms. The number of anilines is 1. The molecule has 0 saturated carbocycles. The van der Waals surface area contributed by atoms with Crippen LogP contribution < -0.4 is 5.32 Å². The number of para-hydroxylation sites is 1. The van der Waals surface area contributed by atoms with E-state index in [-0.39, 0.29) is 0 Å². The number of fused-ring (bicyclic) bond motifs is 1. The second kappa shape index (κ2) is 5.34. The molecule has 1 aromatic carbocycles. The predicted octanol–water partition coefficient (Wildman–Crippen LogP) is 3.96. The van der Waals surface area contributed by atoms with E-state index in [9.17, 15) is 0 Å². The summed E-state index contributed by atoms with van der Waals surface area (Å²) in [5, 5.41) is 4.58. The molecule has 0 aliphatic rings. The molecule has 1 heterocycles. The van der Waals surface area contributed by atoms with E-state index in [0.29, 0.717) is 12.0 Å². The number of nitrogens with zero attached hydrogens (tertiary/aromatic N) is 2. The standard InChI is InChI=1S/C15H21N3/c1-5-11(4)16-15-12-8-6-7-9-13(12)17-14(18-15)10(2)3/h6-11H,5H2,1-4H3,(H,16,17,18). The van der Waals surface area contributed by atoms with Crippen LogP contribution in [0.5, 0.6) is 0 Å². The minimum absolute atomic E-state index is 0.340. The molecule has 1 atom stereocenters. The molecule has 3 nitrogen and oxygen atoms in total. The first-order chi connectivity index (χ1) is 8.61. The predicted molar refractivity (Wildman–Crippen MR) is 77.0 cm³/mol. The fourth-order valence-corrected chi connectivity index (χ4v) is 1.80. The minimum Gasteiger partial charge on any atom is -0.367 e. The molecule has 1 unspecified atom stereocenters. The summed E-state index contributed by atoms with van der Waals surface area (Å²) in [6.45, 7) is 8.59. The second-order valence-corrected chi connectivity index (χ2v) is 5.06. The maximum Gasteiger partial charge on any atom is 0.137 e. The van der Waals surface area contributed by atoms with Crippen molar-refractivity contribution in [2.45, 2.75) is 46.1 Å². The van der Waals surface area contributed by atoms with Gasteiger partial charge in [0, 0.05) is 17.3 Å². The van der Waals surface area contributed by atoms with E-state index in [1.54, 1.807) is 0 Å². The Hall–Kier alpha value is -1.64. The Labute approximate surface area is 109 Å². The summed E-state index contributed by atoms with van der Waals surface area (Å²) >= 11 is 0. The van der Waals surface area contributed by atoms with Crippen LogP contribution in [0.2, 0.25) is 0 Å². The Balaban J connectivity index is 2.53. The third-order valence-electron chi connectivity index (χ3n) is 3.13. The van der Waals surface area contributed by atoms with Crippen molar-refractivity contribution in [3.8, 4) is 0 Å². The van der Waals surface area contributed by atoms with E-state index < -0.39 is 0 Å². The normalized spacial score (nSPS) is 12.9. The number of benzene rings is 1. The number of nitrogens with one attached hydrogen (secondary N) is 1. The van der Waals surface area contributed by atoms with Gasteiger partial charge in [0.2, 0.25) is 0 Å². The Morgan fingerprint density at radius 2 is 1.83 bits per heavy atom. The molecule has 0 aliphatic heterocycles. The Morgan fingerprint density at radius 3 is 2.50 bits per heavy atom. The van der Waals surface area contributed by atoms with Crippen LogP contribution in [-0.2, 0) is 0 Å². The van der Waals surface area contributed by atoms with Crippen LogP contribution in [0.3, 0.4) is 0 Å². The Morgan fingerprint density at radius 1 is 1.11 bits per heavy atom. The highest BCUT2D eigenvalue weighted by Gasteiger charge is 2.11. The van der Waals surface area contributed by atoms with Crippen LogP contribution in [0.4, 0.5) is 5.82 Å². The van der Waals surface area contributed by atoms with E-state index in [2.05, 4.69) is 49.0 Å². The monoisotopic (exact) mass is 243 g/mol. The maximum atomic E-state index is 4.67.